The summed E-state index contributed by atoms with van der Waals surface area (Å²) in [6.45, 7) is 8.28. The van der Waals surface area contributed by atoms with Crippen LogP contribution in [0.15, 0.2) is 16.5 Å². The summed E-state index contributed by atoms with van der Waals surface area (Å²) in [5, 5.41) is 24.1. The number of rotatable bonds is 5. The number of hydrogen-bond acceptors (Lipinski definition) is 4. The van der Waals surface area contributed by atoms with Gasteiger partial charge in [0.1, 0.15) is 11.6 Å². The smallest absolute Gasteiger partial charge is 0.215 e. The van der Waals surface area contributed by atoms with E-state index in [-0.39, 0.29) is 12.1 Å². The quantitative estimate of drug-likeness (QED) is 0.607. The van der Waals surface area contributed by atoms with E-state index in [4.69, 9.17) is 0 Å². The van der Waals surface area contributed by atoms with Gasteiger partial charge in [-0.3, -0.25) is 9.69 Å². The largest absolute Gasteiger partial charge is 0.273 e. The van der Waals surface area contributed by atoms with E-state index in [0.29, 0.717) is 17.4 Å². The van der Waals surface area contributed by atoms with Crippen LogP contribution in [0.3, 0.4) is 0 Å². The zero-order chi connectivity index (χ0) is 15.4. The third kappa shape index (κ3) is 3.60. The minimum Gasteiger partial charge on any atom is -0.273 e. The first-order valence-corrected chi connectivity index (χ1v) is 7.72. The van der Waals surface area contributed by atoms with E-state index >= 15 is 0 Å². The van der Waals surface area contributed by atoms with Crippen molar-refractivity contribution in [2.45, 2.75) is 71.5 Å². The summed E-state index contributed by atoms with van der Waals surface area (Å²) in [4.78, 5) is 0. The molecule has 1 aliphatic carbocycles. The molecule has 0 atom stereocenters. The van der Waals surface area contributed by atoms with Gasteiger partial charge in [-0.1, -0.05) is 18.1 Å². The summed E-state index contributed by atoms with van der Waals surface area (Å²) in [5.74, 6) is 0.427. The number of hydrogen-bond donors (Lipinski definition) is 0. The van der Waals surface area contributed by atoms with E-state index in [9.17, 15) is 5.26 Å². The van der Waals surface area contributed by atoms with Crippen molar-refractivity contribution in [3.8, 4) is 6.07 Å². The van der Waals surface area contributed by atoms with Gasteiger partial charge < -0.3 is 0 Å². The lowest BCUT2D eigenvalue weighted by Gasteiger charge is -2.25. The molecular weight excluding hydrogens is 264 g/mol. The van der Waals surface area contributed by atoms with Gasteiger partial charge in [0.25, 0.3) is 0 Å². The Morgan fingerprint density at radius 1 is 1.29 bits per heavy atom. The number of aromatic nitrogens is 2. The summed E-state index contributed by atoms with van der Waals surface area (Å²) < 4.78 is 1.90. The molecule has 1 aromatic heterocycles. The van der Waals surface area contributed by atoms with Crippen LogP contribution in [0.25, 0.3) is 0 Å². The first kappa shape index (κ1) is 15.5. The van der Waals surface area contributed by atoms with E-state index in [1.807, 2.05) is 9.69 Å². The van der Waals surface area contributed by atoms with Crippen LogP contribution in [-0.2, 0) is 0 Å². The molecule has 0 unspecified atom stereocenters. The summed E-state index contributed by atoms with van der Waals surface area (Å²) in [7, 11) is 0. The van der Waals surface area contributed by atoms with Crippen molar-refractivity contribution in [1.29, 1.82) is 5.26 Å². The molecule has 0 bridgehead atoms. The summed E-state index contributed by atoms with van der Waals surface area (Å²) in [6, 6.07) is 3.10. The Labute approximate surface area is 126 Å². The number of nitrogens with zero attached hydrogens (tertiary/aromatic N) is 6. The summed E-state index contributed by atoms with van der Waals surface area (Å²) >= 11 is 0. The van der Waals surface area contributed by atoms with Gasteiger partial charge in [0.2, 0.25) is 5.82 Å². The van der Waals surface area contributed by atoms with Crippen molar-refractivity contribution in [3.05, 3.63) is 11.8 Å². The highest BCUT2D eigenvalue weighted by molar-refractivity contribution is 5.45. The maximum atomic E-state index is 9.24. The predicted octanol–water partition coefficient (Wildman–Crippen LogP) is 3.99. The van der Waals surface area contributed by atoms with Crippen molar-refractivity contribution in [1.82, 2.24) is 14.8 Å². The molecular formula is C15H24N6. The van der Waals surface area contributed by atoms with Gasteiger partial charge >= 0.3 is 0 Å². The second-order valence-electron chi connectivity index (χ2n) is 6.15. The lowest BCUT2D eigenvalue weighted by molar-refractivity contribution is 0.169. The van der Waals surface area contributed by atoms with Gasteiger partial charge in [-0.2, -0.15) is 5.26 Å². The van der Waals surface area contributed by atoms with E-state index in [1.54, 1.807) is 6.20 Å². The van der Waals surface area contributed by atoms with Gasteiger partial charge in [0, 0.05) is 18.3 Å². The van der Waals surface area contributed by atoms with Crippen molar-refractivity contribution >= 4 is 5.82 Å². The van der Waals surface area contributed by atoms with Crippen LogP contribution in [0.4, 0.5) is 5.82 Å². The average molecular weight is 288 g/mol. The highest BCUT2D eigenvalue weighted by atomic mass is 15.6. The highest BCUT2D eigenvalue weighted by Gasteiger charge is 2.20. The molecule has 1 aliphatic rings. The summed E-state index contributed by atoms with van der Waals surface area (Å²) in [5.41, 5.74) is 0.498. The summed E-state index contributed by atoms with van der Waals surface area (Å²) in [6.07, 6.45) is 6.54. The standard InChI is InChI=1S/C15H24N6/c1-11(2)21(12(3)4)19-17-15-13(9-16)10-20(18-15)14-7-5-6-8-14/h10-12,14H,5-8H2,1-4H3. The second-order valence-corrected chi connectivity index (χ2v) is 6.15. The second kappa shape index (κ2) is 6.70. The third-order valence-corrected chi connectivity index (χ3v) is 3.83. The Morgan fingerprint density at radius 2 is 1.90 bits per heavy atom. The van der Waals surface area contributed by atoms with Crippen LogP contribution in [0.1, 0.15) is 65.0 Å². The minimum absolute atomic E-state index is 0.260. The molecule has 0 amide bonds. The molecule has 0 aliphatic heterocycles. The molecule has 0 N–H and O–H groups in total. The maximum Gasteiger partial charge on any atom is 0.215 e. The Morgan fingerprint density at radius 3 is 2.43 bits per heavy atom. The van der Waals surface area contributed by atoms with Crippen LogP contribution in [0.5, 0.6) is 0 Å². The Balaban J connectivity index is 2.20. The molecule has 2 rings (SSSR count). The molecule has 0 radical (unpaired) electrons. The zero-order valence-electron chi connectivity index (χ0n) is 13.3. The third-order valence-electron chi connectivity index (χ3n) is 3.83. The molecule has 1 fully saturated rings. The molecule has 0 spiro atoms. The van der Waals surface area contributed by atoms with Crippen molar-refractivity contribution in [2.75, 3.05) is 0 Å². The zero-order valence-corrected chi connectivity index (χ0v) is 13.3. The molecule has 1 aromatic rings. The van der Waals surface area contributed by atoms with Gasteiger partial charge in [0.05, 0.1) is 6.04 Å². The topological polar surface area (TPSA) is 69.6 Å². The molecule has 1 heterocycles. The van der Waals surface area contributed by atoms with Crippen LogP contribution >= 0.6 is 0 Å². The van der Waals surface area contributed by atoms with Gasteiger partial charge in [0.15, 0.2) is 0 Å². The van der Waals surface area contributed by atoms with Crippen molar-refractivity contribution in [3.63, 3.8) is 0 Å². The minimum atomic E-state index is 0.260. The predicted molar refractivity (Wildman–Crippen MR) is 81.1 cm³/mol. The fourth-order valence-electron chi connectivity index (χ4n) is 2.79. The van der Waals surface area contributed by atoms with Crippen LogP contribution in [0, 0.1) is 11.3 Å². The fraction of sp³-hybridized carbons (Fsp3) is 0.733. The molecule has 0 aromatic carbocycles. The van der Waals surface area contributed by atoms with E-state index < -0.39 is 0 Å². The Kier molecular flexibility index (Phi) is 4.94. The Hall–Kier alpha value is -1.90. The number of nitriles is 1. The van der Waals surface area contributed by atoms with Crippen LogP contribution in [-0.4, -0.2) is 26.9 Å². The van der Waals surface area contributed by atoms with Gasteiger partial charge in [-0.25, -0.2) is 0 Å². The van der Waals surface area contributed by atoms with Crippen LogP contribution < -0.4 is 0 Å². The molecule has 114 valence electrons. The molecule has 6 heteroatoms. The fourth-order valence-corrected chi connectivity index (χ4v) is 2.79. The molecule has 21 heavy (non-hydrogen) atoms. The van der Waals surface area contributed by atoms with Crippen molar-refractivity contribution < 1.29 is 0 Å². The van der Waals surface area contributed by atoms with Gasteiger partial charge in [-0.15, -0.1) is 10.2 Å². The van der Waals surface area contributed by atoms with Crippen LogP contribution in [0.2, 0.25) is 0 Å². The van der Waals surface area contributed by atoms with E-state index in [0.717, 1.165) is 12.8 Å². The first-order valence-electron chi connectivity index (χ1n) is 7.72. The maximum absolute atomic E-state index is 9.24. The normalized spacial score (nSPS) is 16.2. The average Bonchev–Trinajstić information content (AvgIpc) is 3.06. The SMILES string of the molecule is CC(C)N(N=Nc1nn(C2CCCC2)cc1C#N)C(C)C. The molecule has 0 saturated heterocycles. The first-order chi connectivity index (χ1) is 10.0. The lowest BCUT2D eigenvalue weighted by Crippen LogP contribution is -2.31. The Bertz CT molecular complexity index is 523. The monoisotopic (exact) mass is 288 g/mol. The van der Waals surface area contributed by atoms with Crippen molar-refractivity contribution in [2.24, 2.45) is 10.3 Å². The molecule has 1 saturated carbocycles. The lowest BCUT2D eigenvalue weighted by atomic mass is 10.2. The molecule has 6 nitrogen and oxygen atoms in total. The highest BCUT2D eigenvalue weighted by Crippen LogP contribution is 2.31. The van der Waals surface area contributed by atoms with E-state index in [1.165, 1.54) is 12.8 Å². The van der Waals surface area contributed by atoms with Gasteiger partial charge in [-0.05, 0) is 40.5 Å². The van der Waals surface area contributed by atoms with E-state index in [2.05, 4.69) is 49.2 Å².